The van der Waals surface area contributed by atoms with Crippen LogP contribution in [0.4, 0.5) is 4.39 Å². The third-order valence-electron chi connectivity index (χ3n) is 3.36. The minimum absolute atomic E-state index is 0.341. The zero-order valence-electron chi connectivity index (χ0n) is 12.5. The van der Waals surface area contributed by atoms with Crippen LogP contribution >= 0.6 is 15.9 Å². The first-order valence-corrected chi connectivity index (χ1v) is 7.58. The highest BCUT2D eigenvalue weighted by atomic mass is 79.9. The van der Waals surface area contributed by atoms with Gasteiger partial charge in [-0.3, -0.25) is 4.79 Å². The molecule has 0 N–H and O–H groups in total. The second-order valence-corrected chi connectivity index (χ2v) is 5.83. The van der Waals surface area contributed by atoms with Gasteiger partial charge in [0.25, 0.3) is 5.56 Å². The van der Waals surface area contributed by atoms with Crippen LogP contribution in [0.1, 0.15) is 5.56 Å². The lowest BCUT2D eigenvalue weighted by molar-refractivity contribution is 0.160. The lowest BCUT2D eigenvalue weighted by atomic mass is 10.1. The van der Waals surface area contributed by atoms with Crippen LogP contribution in [-0.4, -0.2) is 21.6 Å². The van der Waals surface area contributed by atoms with Gasteiger partial charge >= 0.3 is 0 Å². The highest BCUT2D eigenvalue weighted by molar-refractivity contribution is 9.10. The largest absolute Gasteiger partial charge is 0.413 e. The Morgan fingerprint density at radius 1 is 1.26 bits per heavy atom. The van der Waals surface area contributed by atoms with E-state index in [-0.39, 0.29) is 11.4 Å². The number of halogens is 2. The second kappa shape index (κ2) is 6.00. The molecular formula is C16H13BrFN3O2. The molecule has 2 heterocycles. The second-order valence-electron chi connectivity index (χ2n) is 4.98. The van der Waals surface area contributed by atoms with Gasteiger partial charge in [-0.05, 0) is 58.7 Å². The zero-order valence-corrected chi connectivity index (χ0v) is 14.0. The summed E-state index contributed by atoms with van der Waals surface area (Å²) in [6.45, 7) is 1.92. The molecule has 0 aliphatic carbocycles. The first-order valence-electron chi connectivity index (χ1n) is 6.79. The number of pyridine rings is 1. The first kappa shape index (κ1) is 15.5. The lowest BCUT2D eigenvalue weighted by Crippen LogP contribution is -2.28. The summed E-state index contributed by atoms with van der Waals surface area (Å²) in [4.78, 5) is 17.6. The molecule has 5 nitrogen and oxygen atoms in total. The summed E-state index contributed by atoms with van der Waals surface area (Å²) in [6.07, 6.45) is 3.55. The van der Waals surface area contributed by atoms with Crippen LogP contribution < -0.4 is 10.4 Å². The van der Waals surface area contributed by atoms with Gasteiger partial charge in [-0.25, -0.2) is 9.07 Å². The van der Waals surface area contributed by atoms with Gasteiger partial charge in [0.1, 0.15) is 18.6 Å². The molecule has 23 heavy (non-hydrogen) atoms. The fourth-order valence-electron chi connectivity index (χ4n) is 2.32. The molecule has 0 saturated heterocycles. The fourth-order valence-corrected chi connectivity index (χ4v) is 2.70. The summed E-state index contributed by atoms with van der Waals surface area (Å²) in [6, 6.07) is 7.52. The molecule has 0 fully saturated rings. The quantitative estimate of drug-likeness (QED) is 0.704. The summed E-state index contributed by atoms with van der Waals surface area (Å²) >= 11 is 3.25. The standard InChI is InChI=1S/C16H13BrFN3O2/c1-10-8-19-20(9-10)14-7-13(17)16(22)21(23-2)15(14)11-3-5-12(18)6-4-11/h3-9H,1-2H3. The van der Waals surface area contributed by atoms with Crippen molar-refractivity contribution < 1.29 is 9.23 Å². The Kier molecular flexibility index (Phi) is 4.04. The van der Waals surface area contributed by atoms with E-state index >= 15 is 0 Å². The number of benzene rings is 1. The Hall–Kier alpha value is -2.41. The Labute approximate surface area is 140 Å². The highest BCUT2D eigenvalue weighted by Gasteiger charge is 2.18. The van der Waals surface area contributed by atoms with Crippen LogP contribution in [0.3, 0.4) is 0 Å². The molecular weight excluding hydrogens is 365 g/mol. The van der Waals surface area contributed by atoms with Gasteiger partial charge < -0.3 is 4.84 Å². The third kappa shape index (κ3) is 2.79. The molecule has 0 bridgehead atoms. The molecule has 118 valence electrons. The number of rotatable bonds is 3. The minimum Gasteiger partial charge on any atom is -0.413 e. The summed E-state index contributed by atoms with van der Waals surface area (Å²) in [7, 11) is 1.40. The summed E-state index contributed by atoms with van der Waals surface area (Å²) in [5.41, 5.74) is 2.39. The lowest BCUT2D eigenvalue weighted by Gasteiger charge is -2.16. The van der Waals surface area contributed by atoms with Crippen molar-refractivity contribution in [3.05, 3.63) is 68.9 Å². The van der Waals surface area contributed by atoms with Gasteiger partial charge in [-0.15, -0.1) is 4.73 Å². The topological polar surface area (TPSA) is 49.0 Å². The Morgan fingerprint density at radius 2 is 1.96 bits per heavy atom. The van der Waals surface area contributed by atoms with Crippen molar-refractivity contribution in [1.29, 1.82) is 0 Å². The van der Waals surface area contributed by atoms with Crippen LogP contribution in [0.5, 0.6) is 0 Å². The maximum Gasteiger partial charge on any atom is 0.298 e. The predicted molar refractivity (Wildman–Crippen MR) is 88.2 cm³/mol. The maximum absolute atomic E-state index is 13.2. The van der Waals surface area contributed by atoms with E-state index < -0.39 is 0 Å². The molecule has 3 aromatic rings. The first-order chi connectivity index (χ1) is 11.0. The van der Waals surface area contributed by atoms with Crippen LogP contribution in [0.15, 0.2) is 52.0 Å². The van der Waals surface area contributed by atoms with Gasteiger partial charge in [0.2, 0.25) is 0 Å². The molecule has 0 amide bonds. The van der Waals surface area contributed by atoms with E-state index in [1.165, 1.54) is 19.2 Å². The van der Waals surface area contributed by atoms with Crippen molar-refractivity contribution in [2.24, 2.45) is 0 Å². The predicted octanol–water partition coefficient (Wildman–Crippen LogP) is 2.97. The SMILES string of the molecule is COn1c(-c2ccc(F)cc2)c(-n2cc(C)cn2)cc(Br)c1=O. The van der Waals surface area contributed by atoms with Crippen molar-refractivity contribution >= 4 is 15.9 Å². The summed E-state index contributed by atoms with van der Waals surface area (Å²) in [5, 5.41) is 4.29. The molecule has 0 spiro atoms. The van der Waals surface area contributed by atoms with Gasteiger partial charge in [-0.1, -0.05) is 0 Å². The van der Waals surface area contributed by atoms with Crippen LogP contribution in [0, 0.1) is 12.7 Å². The molecule has 3 rings (SSSR count). The normalized spacial score (nSPS) is 10.8. The molecule has 0 radical (unpaired) electrons. The molecule has 2 aromatic heterocycles. The van der Waals surface area contributed by atoms with Gasteiger partial charge in [-0.2, -0.15) is 5.10 Å². The molecule has 0 unspecified atom stereocenters. The molecule has 0 saturated carbocycles. The molecule has 0 aliphatic heterocycles. The van der Waals surface area contributed by atoms with E-state index in [1.54, 1.807) is 29.1 Å². The maximum atomic E-state index is 13.2. The number of aryl methyl sites for hydroxylation is 1. The Bertz CT molecular complexity index is 916. The number of nitrogens with zero attached hydrogens (tertiary/aromatic N) is 3. The van der Waals surface area contributed by atoms with Crippen LogP contribution in [0.25, 0.3) is 16.9 Å². The van der Waals surface area contributed by atoms with Crippen LogP contribution in [-0.2, 0) is 0 Å². The monoisotopic (exact) mass is 377 g/mol. The van der Waals surface area contributed by atoms with Crippen LogP contribution in [0.2, 0.25) is 0 Å². The number of hydrogen-bond donors (Lipinski definition) is 0. The van der Waals surface area contributed by atoms with Gasteiger partial charge in [0.05, 0.1) is 16.4 Å². The van der Waals surface area contributed by atoms with E-state index in [2.05, 4.69) is 21.0 Å². The van der Waals surface area contributed by atoms with E-state index in [0.29, 0.717) is 21.4 Å². The van der Waals surface area contributed by atoms with Gasteiger partial charge in [0.15, 0.2) is 0 Å². The summed E-state index contributed by atoms with van der Waals surface area (Å²) in [5.74, 6) is -0.353. The highest BCUT2D eigenvalue weighted by Crippen LogP contribution is 2.27. The van der Waals surface area contributed by atoms with Crippen molar-refractivity contribution in [2.75, 3.05) is 7.11 Å². The van der Waals surface area contributed by atoms with E-state index in [0.717, 1.165) is 10.3 Å². The third-order valence-corrected chi connectivity index (χ3v) is 3.92. The zero-order chi connectivity index (χ0) is 16.6. The Balaban J connectivity index is 2.36. The van der Waals surface area contributed by atoms with Crippen molar-refractivity contribution in [3.63, 3.8) is 0 Å². The average molecular weight is 378 g/mol. The van der Waals surface area contributed by atoms with Crippen molar-refractivity contribution in [1.82, 2.24) is 14.5 Å². The molecule has 1 aromatic carbocycles. The summed E-state index contributed by atoms with van der Waals surface area (Å²) < 4.78 is 16.4. The smallest absolute Gasteiger partial charge is 0.298 e. The average Bonchev–Trinajstić information content (AvgIpc) is 2.97. The minimum atomic E-state index is -0.353. The molecule has 7 heteroatoms. The van der Waals surface area contributed by atoms with Crippen molar-refractivity contribution in [2.45, 2.75) is 6.92 Å². The Morgan fingerprint density at radius 3 is 2.52 bits per heavy atom. The molecule has 0 aliphatic rings. The number of hydrogen-bond acceptors (Lipinski definition) is 3. The van der Waals surface area contributed by atoms with E-state index in [1.807, 2.05) is 13.1 Å². The van der Waals surface area contributed by atoms with E-state index in [9.17, 15) is 9.18 Å². The van der Waals surface area contributed by atoms with Crippen molar-refractivity contribution in [3.8, 4) is 16.9 Å². The van der Waals surface area contributed by atoms with E-state index in [4.69, 9.17) is 4.84 Å². The molecule has 0 atom stereocenters. The fraction of sp³-hybridized carbons (Fsp3) is 0.125. The van der Waals surface area contributed by atoms with Gasteiger partial charge in [0, 0.05) is 11.8 Å². The number of aromatic nitrogens is 3.